The Balaban J connectivity index is 3.37. The summed E-state index contributed by atoms with van der Waals surface area (Å²) in [5.41, 5.74) is -1.54. The summed E-state index contributed by atoms with van der Waals surface area (Å²) >= 11 is 0. The molecule has 0 spiro atoms. The van der Waals surface area contributed by atoms with Gasteiger partial charge in [-0.3, -0.25) is 0 Å². The zero-order valence-corrected chi connectivity index (χ0v) is 12.5. The van der Waals surface area contributed by atoms with Crippen molar-refractivity contribution in [3.8, 4) is 0 Å². The van der Waals surface area contributed by atoms with Crippen LogP contribution in [0.25, 0.3) is 0 Å². The number of para-hydroxylation sites is 1. The van der Waals surface area contributed by atoms with E-state index in [4.69, 9.17) is 0 Å². The van der Waals surface area contributed by atoms with E-state index in [1.807, 2.05) is 0 Å². The third-order valence-electron chi connectivity index (χ3n) is 3.42. The van der Waals surface area contributed by atoms with Crippen LogP contribution in [0.15, 0.2) is 29.2 Å². The topological polar surface area (TPSA) is 83.5 Å². The van der Waals surface area contributed by atoms with Gasteiger partial charge < -0.3 is 10.4 Å². The highest BCUT2D eigenvalue weighted by Gasteiger charge is 2.37. The molecule has 0 atom stereocenters. The van der Waals surface area contributed by atoms with Crippen LogP contribution in [0.1, 0.15) is 26.7 Å². The van der Waals surface area contributed by atoms with Gasteiger partial charge in [-0.2, -0.15) is 8.78 Å². The molecule has 1 aromatic rings. The van der Waals surface area contributed by atoms with Crippen molar-refractivity contribution < 1.29 is 27.1 Å². The number of hydrogen-bond acceptors (Lipinski definition) is 4. The Kier molecular flexibility index (Phi) is 5.27. The molecular formula is C13H17F2NO4S. The van der Waals surface area contributed by atoms with E-state index in [1.54, 1.807) is 13.8 Å². The Morgan fingerprint density at radius 2 is 1.81 bits per heavy atom. The third-order valence-corrected chi connectivity index (χ3v) is 4.86. The van der Waals surface area contributed by atoms with Crippen LogP contribution in [0, 0.1) is 0 Å². The van der Waals surface area contributed by atoms with Crippen LogP contribution in [-0.4, -0.2) is 30.8 Å². The van der Waals surface area contributed by atoms with Crippen LogP contribution in [-0.2, 0) is 14.6 Å². The Hall–Kier alpha value is -1.70. The van der Waals surface area contributed by atoms with E-state index in [0.29, 0.717) is 0 Å². The van der Waals surface area contributed by atoms with Gasteiger partial charge in [0, 0.05) is 0 Å². The van der Waals surface area contributed by atoms with Gasteiger partial charge in [0.15, 0.2) is 0 Å². The number of benzene rings is 1. The largest absolute Gasteiger partial charge is 0.480 e. The summed E-state index contributed by atoms with van der Waals surface area (Å²) in [6.07, 6.45) is 0.337. The number of halogens is 2. The predicted octanol–water partition coefficient (Wildman–Crippen LogP) is 2.74. The molecule has 0 bridgehead atoms. The van der Waals surface area contributed by atoms with Crippen LogP contribution < -0.4 is 5.32 Å². The normalized spacial score (nSPS) is 12.4. The number of aliphatic carboxylic acids is 1. The fraction of sp³-hybridized carbons (Fsp3) is 0.462. The fourth-order valence-electron chi connectivity index (χ4n) is 1.95. The number of sulfone groups is 1. The van der Waals surface area contributed by atoms with Crippen molar-refractivity contribution in [1.29, 1.82) is 0 Å². The third kappa shape index (κ3) is 3.31. The number of anilines is 1. The lowest BCUT2D eigenvalue weighted by Gasteiger charge is -2.30. The zero-order chi connectivity index (χ0) is 16.3. The molecule has 0 heterocycles. The lowest BCUT2D eigenvalue weighted by atomic mass is 9.92. The molecular weight excluding hydrogens is 304 g/mol. The van der Waals surface area contributed by atoms with Gasteiger partial charge in [-0.15, -0.1) is 0 Å². The minimum absolute atomic E-state index is 0.135. The minimum atomic E-state index is -4.81. The molecule has 0 aliphatic carbocycles. The maximum absolute atomic E-state index is 12.7. The molecule has 0 radical (unpaired) electrons. The first-order chi connectivity index (χ1) is 9.71. The van der Waals surface area contributed by atoms with Gasteiger partial charge in [0.25, 0.3) is 0 Å². The van der Waals surface area contributed by atoms with E-state index in [-0.39, 0.29) is 18.5 Å². The fourth-order valence-corrected chi connectivity index (χ4v) is 2.84. The Morgan fingerprint density at radius 3 is 2.24 bits per heavy atom. The molecule has 8 heteroatoms. The molecule has 21 heavy (non-hydrogen) atoms. The van der Waals surface area contributed by atoms with Crippen LogP contribution >= 0.6 is 0 Å². The number of carboxylic acids is 1. The van der Waals surface area contributed by atoms with Crippen molar-refractivity contribution in [1.82, 2.24) is 0 Å². The average Bonchev–Trinajstić information content (AvgIpc) is 2.44. The van der Waals surface area contributed by atoms with E-state index in [1.165, 1.54) is 18.2 Å². The standard InChI is InChI=1S/C13H17F2NO4S/c1-3-13(4-2,11(17)18)16-9-7-5-6-8-10(9)21(19,20)12(14)15/h5-8,12,16H,3-4H2,1-2H3,(H,17,18). The number of carbonyl (C=O) groups is 1. The minimum Gasteiger partial charge on any atom is -0.480 e. The Labute approximate surface area is 121 Å². The molecule has 0 amide bonds. The Bertz CT molecular complexity index is 612. The van der Waals surface area contributed by atoms with Crippen LogP contribution in [0.5, 0.6) is 0 Å². The first-order valence-electron chi connectivity index (χ1n) is 6.34. The van der Waals surface area contributed by atoms with Gasteiger partial charge >= 0.3 is 11.7 Å². The number of carboxylic acid groups (broad SMARTS) is 1. The molecule has 1 aromatic carbocycles. The van der Waals surface area contributed by atoms with Gasteiger partial charge in [0.05, 0.1) is 10.6 Å². The molecule has 0 aliphatic rings. The van der Waals surface area contributed by atoms with Crippen molar-refractivity contribution in [2.75, 3.05) is 5.32 Å². The molecule has 2 N–H and O–H groups in total. The number of hydrogen-bond donors (Lipinski definition) is 2. The molecule has 0 saturated carbocycles. The molecule has 5 nitrogen and oxygen atoms in total. The highest BCUT2D eigenvalue weighted by atomic mass is 32.2. The second-order valence-corrected chi connectivity index (χ2v) is 6.41. The predicted molar refractivity (Wildman–Crippen MR) is 74.2 cm³/mol. The summed E-state index contributed by atoms with van der Waals surface area (Å²) in [5.74, 6) is -4.74. The lowest BCUT2D eigenvalue weighted by molar-refractivity contribution is -0.142. The van der Waals surface area contributed by atoms with E-state index in [2.05, 4.69) is 5.32 Å². The Morgan fingerprint density at radius 1 is 1.29 bits per heavy atom. The van der Waals surface area contributed by atoms with Crippen molar-refractivity contribution >= 4 is 21.5 Å². The summed E-state index contributed by atoms with van der Waals surface area (Å²) in [7, 11) is -4.81. The highest BCUT2D eigenvalue weighted by Crippen LogP contribution is 2.30. The maximum atomic E-state index is 12.7. The van der Waals surface area contributed by atoms with Crippen molar-refractivity contribution in [3.63, 3.8) is 0 Å². The van der Waals surface area contributed by atoms with Gasteiger partial charge in [-0.25, -0.2) is 13.2 Å². The first-order valence-corrected chi connectivity index (χ1v) is 7.88. The molecule has 0 fully saturated rings. The number of alkyl halides is 2. The monoisotopic (exact) mass is 321 g/mol. The smallest absolute Gasteiger partial charge is 0.341 e. The highest BCUT2D eigenvalue weighted by molar-refractivity contribution is 7.91. The lowest BCUT2D eigenvalue weighted by Crippen LogP contribution is -2.45. The number of nitrogens with one attached hydrogen (secondary N) is 1. The second kappa shape index (κ2) is 6.38. The van der Waals surface area contributed by atoms with E-state index in [9.17, 15) is 27.1 Å². The second-order valence-electron chi connectivity index (χ2n) is 4.52. The van der Waals surface area contributed by atoms with E-state index < -0.39 is 32.0 Å². The van der Waals surface area contributed by atoms with E-state index >= 15 is 0 Å². The summed E-state index contributed by atoms with van der Waals surface area (Å²) in [6, 6.07) is 5.06. The molecule has 0 saturated heterocycles. The van der Waals surface area contributed by atoms with Gasteiger partial charge in [0.2, 0.25) is 9.84 Å². The molecule has 118 valence electrons. The molecule has 0 aromatic heterocycles. The van der Waals surface area contributed by atoms with Crippen molar-refractivity contribution in [2.45, 2.75) is 42.9 Å². The van der Waals surface area contributed by atoms with Gasteiger partial charge in [0.1, 0.15) is 5.54 Å². The SMILES string of the molecule is CCC(CC)(Nc1ccccc1S(=O)(=O)C(F)F)C(=O)O. The number of rotatable bonds is 7. The first kappa shape index (κ1) is 17.4. The van der Waals surface area contributed by atoms with E-state index in [0.717, 1.165) is 6.07 Å². The quantitative estimate of drug-likeness (QED) is 0.807. The van der Waals surface area contributed by atoms with Crippen LogP contribution in [0.3, 0.4) is 0 Å². The summed E-state index contributed by atoms with van der Waals surface area (Å²) < 4.78 is 48.7. The maximum Gasteiger partial charge on any atom is 0.341 e. The van der Waals surface area contributed by atoms with Gasteiger partial charge in [-0.1, -0.05) is 26.0 Å². The van der Waals surface area contributed by atoms with Crippen molar-refractivity contribution in [3.05, 3.63) is 24.3 Å². The molecule has 0 unspecified atom stereocenters. The zero-order valence-electron chi connectivity index (χ0n) is 11.6. The summed E-state index contributed by atoms with van der Waals surface area (Å²) in [6.45, 7) is 3.24. The summed E-state index contributed by atoms with van der Waals surface area (Å²) in [5, 5.41) is 11.9. The van der Waals surface area contributed by atoms with Crippen molar-refractivity contribution in [2.24, 2.45) is 0 Å². The average molecular weight is 321 g/mol. The molecule has 0 aliphatic heterocycles. The van der Waals surface area contributed by atoms with Crippen LogP contribution in [0.4, 0.5) is 14.5 Å². The van der Waals surface area contributed by atoms with Crippen LogP contribution in [0.2, 0.25) is 0 Å². The van der Waals surface area contributed by atoms with Gasteiger partial charge in [-0.05, 0) is 25.0 Å². The molecule has 1 rings (SSSR count). The summed E-state index contributed by atoms with van der Waals surface area (Å²) in [4.78, 5) is 10.8.